The van der Waals surface area contributed by atoms with Crippen LogP contribution in [0.4, 0.5) is 0 Å². The highest BCUT2D eigenvalue weighted by Gasteiger charge is 2.56. The highest BCUT2D eigenvalue weighted by molar-refractivity contribution is 5.22. The Kier molecular flexibility index (Phi) is 1.82. The van der Waals surface area contributed by atoms with Crippen LogP contribution in [0.15, 0.2) is 12.2 Å². The Labute approximate surface area is 86.2 Å². The van der Waals surface area contributed by atoms with Crippen LogP contribution in [0.5, 0.6) is 0 Å². The molecule has 0 aromatic heterocycles. The minimum atomic E-state index is -0.0472. The lowest BCUT2D eigenvalue weighted by molar-refractivity contribution is -0.0699. The molecule has 0 saturated heterocycles. The second-order valence-corrected chi connectivity index (χ2v) is 5.64. The largest absolute Gasteiger partial charge is 0.392 e. The lowest BCUT2D eigenvalue weighted by atomic mass is 9.59. The Morgan fingerprint density at radius 1 is 1.21 bits per heavy atom. The average molecular weight is 192 g/mol. The predicted molar refractivity (Wildman–Crippen MR) is 56.9 cm³/mol. The molecule has 0 unspecified atom stereocenters. The van der Waals surface area contributed by atoms with Crippen molar-refractivity contribution in [3.05, 3.63) is 12.2 Å². The van der Waals surface area contributed by atoms with Crippen LogP contribution in [0.25, 0.3) is 0 Å². The molecule has 0 radical (unpaired) electrons. The maximum Gasteiger partial charge on any atom is 0.0667 e. The van der Waals surface area contributed by atoms with Crippen LogP contribution in [-0.2, 0) is 0 Å². The molecule has 0 aromatic rings. The van der Waals surface area contributed by atoms with E-state index in [-0.39, 0.29) is 11.5 Å². The van der Waals surface area contributed by atoms with Gasteiger partial charge < -0.3 is 5.11 Å². The van der Waals surface area contributed by atoms with E-state index in [0.717, 1.165) is 12.3 Å². The van der Waals surface area contributed by atoms with Crippen LogP contribution in [0.3, 0.4) is 0 Å². The molecule has 2 bridgehead atoms. The number of hydrogen-bond acceptors (Lipinski definition) is 1. The van der Waals surface area contributed by atoms with E-state index in [1.165, 1.54) is 44.1 Å². The number of aliphatic hydroxyl groups is 1. The number of rotatable bonds is 0. The summed E-state index contributed by atoms with van der Waals surface area (Å²) < 4.78 is 0. The number of aliphatic hydroxyl groups excluding tert-OH is 1. The summed E-state index contributed by atoms with van der Waals surface area (Å²) in [6.45, 7) is 4.17. The molecule has 0 aromatic carbocycles. The van der Waals surface area contributed by atoms with Gasteiger partial charge in [-0.15, -0.1) is 0 Å². The maximum atomic E-state index is 10.4. The summed E-state index contributed by atoms with van der Waals surface area (Å²) in [5.74, 6) is 1.26. The fraction of sp³-hybridized carbons (Fsp3) is 0.846. The monoisotopic (exact) mass is 192 g/mol. The predicted octanol–water partition coefficient (Wildman–Crippen LogP) is 2.89. The third-order valence-electron chi connectivity index (χ3n) is 5.13. The van der Waals surface area contributed by atoms with Gasteiger partial charge in [-0.05, 0) is 38.0 Å². The topological polar surface area (TPSA) is 20.2 Å². The Hall–Kier alpha value is -0.300. The molecule has 1 spiro atoms. The summed E-state index contributed by atoms with van der Waals surface area (Å²) in [7, 11) is 0. The fourth-order valence-corrected chi connectivity index (χ4v) is 4.42. The van der Waals surface area contributed by atoms with Crippen LogP contribution in [0.1, 0.15) is 44.9 Å². The first-order chi connectivity index (χ1) is 6.74. The van der Waals surface area contributed by atoms with Crippen molar-refractivity contribution >= 4 is 0 Å². The Balaban J connectivity index is 1.99. The van der Waals surface area contributed by atoms with Crippen LogP contribution >= 0.6 is 0 Å². The molecule has 3 fully saturated rings. The van der Waals surface area contributed by atoms with Crippen molar-refractivity contribution in [3.63, 3.8) is 0 Å². The van der Waals surface area contributed by atoms with E-state index in [1.807, 2.05) is 0 Å². The van der Waals surface area contributed by atoms with Crippen molar-refractivity contribution in [3.8, 4) is 0 Å². The zero-order valence-corrected chi connectivity index (χ0v) is 8.84. The second-order valence-electron chi connectivity index (χ2n) is 5.64. The van der Waals surface area contributed by atoms with E-state index in [4.69, 9.17) is 0 Å². The van der Waals surface area contributed by atoms with Crippen molar-refractivity contribution in [1.29, 1.82) is 0 Å². The lowest BCUT2D eigenvalue weighted by Crippen LogP contribution is -2.45. The SMILES string of the molecule is C=C1C[C@]23CCCC[C@@H]2CC[C@H]1[C@H]3O. The minimum Gasteiger partial charge on any atom is -0.392 e. The molecule has 4 atom stereocenters. The van der Waals surface area contributed by atoms with Crippen LogP contribution in [0.2, 0.25) is 0 Å². The van der Waals surface area contributed by atoms with Crippen molar-refractivity contribution in [2.75, 3.05) is 0 Å². The van der Waals surface area contributed by atoms with E-state index in [0.29, 0.717) is 5.92 Å². The molecular formula is C13H20O. The Morgan fingerprint density at radius 2 is 2.07 bits per heavy atom. The van der Waals surface area contributed by atoms with Crippen molar-refractivity contribution in [2.24, 2.45) is 17.3 Å². The standard InChI is InChI=1S/C13H20O/c1-9-8-13-7-3-2-4-10(13)5-6-11(9)12(13)14/h10-12,14H,1-8H2/t10-,11-,12-,13-/m1/s1. The maximum absolute atomic E-state index is 10.4. The number of hydrogen-bond donors (Lipinski definition) is 1. The molecule has 0 aliphatic heterocycles. The molecule has 1 heteroatoms. The van der Waals surface area contributed by atoms with Gasteiger partial charge in [-0.3, -0.25) is 0 Å². The molecule has 3 rings (SSSR count). The average Bonchev–Trinajstić information content (AvgIpc) is 2.36. The molecule has 0 heterocycles. The second kappa shape index (κ2) is 2.85. The van der Waals surface area contributed by atoms with Gasteiger partial charge >= 0.3 is 0 Å². The smallest absolute Gasteiger partial charge is 0.0667 e. The Morgan fingerprint density at radius 3 is 2.93 bits per heavy atom. The van der Waals surface area contributed by atoms with Crippen molar-refractivity contribution in [1.82, 2.24) is 0 Å². The summed E-state index contributed by atoms with van der Waals surface area (Å²) in [4.78, 5) is 0. The van der Waals surface area contributed by atoms with Gasteiger partial charge in [0.2, 0.25) is 0 Å². The van der Waals surface area contributed by atoms with Crippen molar-refractivity contribution < 1.29 is 5.11 Å². The van der Waals surface area contributed by atoms with Gasteiger partial charge in [-0.1, -0.05) is 25.0 Å². The quantitative estimate of drug-likeness (QED) is 0.585. The first kappa shape index (κ1) is 8.96. The molecule has 1 N–H and O–H groups in total. The van der Waals surface area contributed by atoms with E-state index < -0.39 is 0 Å². The summed E-state index contributed by atoms with van der Waals surface area (Å²) >= 11 is 0. The third kappa shape index (κ3) is 0.942. The zero-order valence-electron chi connectivity index (χ0n) is 8.84. The van der Waals surface area contributed by atoms with Gasteiger partial charge in [0, 0.05) is 11.3 Å². The zero-order chi connectivity index (χ0) is 9.76. The first-order valence-corrected chi connectivity index (χ1v) is 6.10. The molecule has 3 aliphatic rings. The summed E-state index contributed by atoms with van der Waals surface area (Å²) in [6, 6.07) is 0. The number of fused-ring (bicyclic) bond motifs is 1. The van der Waals surface area contributed by atoms with Gasteiger partial charge in [0.05, 0.1) is 6.10 Å². The van der Waals surface area contributed by atoms with E-state index in [1.54, 1.807) is 0 Å². The molecular weight excluding hydrogens is 172 g/mol. The molecule has 0 amide bonds. The summed E-state index contributed by atoms with van der Waals surface area (Å²) in [5, 5.41) is 10.4. The van der Waals surface area contributed by atoms with Gasteiger partial charge in [0.1, 0.15) is 0 Å². The molecule has 78 valence electrons. The van der Waals surface area contributed by atoms with Crippen molar-refractivity contribution in [2.45, 2.75) is 51.0 Å². The van der Waals surface area contributed by atoms with E-state index in [2.05, 4.69) is 6.58 Å². The third-order valence-corrected chi connectivity index (χ3v) is 5.13. The summed E-state index contributed by atoms with van der Waals surface area (Å²) in [5.41, 5.74) is 1.63. The van der Waals surface area contributed by atoms with Gasteiger partial charge in [-0.2, -0.15) is 0 Å². The minimum absolute atomic E-state index is 0.0472. The Bertz CT molecular complexity index is 270. The molecule has 3 aliphatic carbocycles. The summed E-state index contributed by atoms with van der Waals surface area (Å²) in [6.07, 6.45) is 8.96. The molecule has 14 heavy (non-hydrogen) atoms. The fourth-order valence-electron chi connectivity index (χ4n) is 4.42. The normalized spacial score (nSPS) is 51.8. The van der Waals surface area contributed by atoms with Gasteiger partial charge in [-0.25, -0.2) is 0 Å². The molecule has 1 nitrogen and oxygen atoms in total. The van der Waals surface area contributed by atoms with Crippen LogP contribution < -0.4 is 0 Å². The molecule has 3 saturated carbocycles. The van der Waals surface area contributed by atoms with Crippen LogP contribution in [0, 0.1) is 17.3 Å². The highest BCUT2D eigenvalue weighted by atomic mass is 16.3. The lowest BCUT2D eigenvalue weighted by Gasteiger charge is -2.47. The van der Waals surface area contributed by atoms with E-state index >= 15 is 0 Å². The van der Waals surface area contributed by atoms with Gasteiger partial charge in [0.15, 0.2) is 0 Å². The van der Waals surface area contributed by atoms with Crippen LogP contribution in [-0.4, -0.2) is 11.2 Å². The van der Waals surface area contributed by atoms with Gasteiger partial charge in [0.25, 0.3) is 0 Å². The highest BCUT2D eigenvalue weighted by Crippen LogP contribution is 2.61. The van der Waals surface area contributed by atoms with E-state index in [9.17, 15) is 5.11 Å². The first-order valence-electron chi connectivity index (χ1n) is 6.10.